The van der Waals surface area contributed by atoms with E-state index in [2.05, 4.69) is 15.6 Å². The van der Waals surface area contributed by atoms with Crippen LogP contribution in [0.25, 0.3) is 10.2 Å². The van der Waals surface area contributed by atoms with Crippen LogP contribution in [-0.2, 0) is 4.79 Å². The van der Waals surface area contributed by atoms with Gasteiger partial charge in [0.15, 0.2) is 4.34 Å². The molecule has 0 saturated carbocycles. The molecule has 0 bridgehead atoms. The van der Waals surface area contributed by atoms with Crippen LogP contribution in [0.4, 0.5) is 11.4 Å². The molecule has 152 valence electrons. The molecule has 1 amide bonds. The van der Waals surface area contributed by atoms with Gasteiger partial charge in [-0.25, -0.2) is 4.98 Å². The Morgan fingerprint density at radius 2 is 1.70 bits per heavy atom. The van der Waals surface area contributed by atoms with E-state index in [4.69, 9.17) is 4.74 Å². The lowest BCUT2D eigenvalue weighted by Crippen LogP contribution is -2.31. The normalized spacial score (nSPS) is 11.8. The number of nitrogens with one attached hydrogen (secondary N) is 2. The Balaban J connectivity index is 1.36. The number of carbonyl (C=O) groups is 1. The summed E-state index contributed by atoms with van der Waals surface area (Å²) in [5.41, 5.74) is 2.59. The van der Waals surface area contributed by atoms with Crippen molar-refractivity contribution in [2.75, 3.05) is 16.9 Å². The molecule has 0 radical (unpaired) electrons. The number of thioether (sulfide) groups is 1. The summed E-state index contributed by atoms with van der Waals surface area (Å²) in [7, 11) is 0. The first-order chi connectivity index (χ1) is 14.6. The zero-order chi connectivity index (χ0) is 20.9. The monoisotopic (exact) mass is 435 g/mol. The summed E-state index contributed by atoms with van der Waals surface area (Å²) in [6.07, 6.45) is 2.02. The van der Waals surface area contributed by atoms with Crippen molar-refractivity contribution in [1.29, 1.82) is 0 Å². The number of carbonyl (C=O) groups excluding carboxylic acids is 1. The van der Waals surface area contributed by atoms with Crippen molar-refractivity contribution in [1.82, 2.24) is 4.98 Å². The number of fused-ring (bicyclic) bond motifs is 1. The third kappa shape index (κ3) is 4.93. The maximum Gasteiger partial charge on any atom is 0.246 e. The van der Waals surface area contributed by atoms with Gasteiger partial charge in [0.05, 0.1) is 10.2 Å². The number of hydrogen-bond donors (Lipinski definition) is 2. The van der Waals surface area contributed by atoms with Crippen LogP contribution < -0.4 is 15.4 Å². The maximum atomic E-state index is 12.6. The average molecular weight is 436 g/mol. The zero-order valence-electron chi connectivity index (χ0n) is 16.6. The van der Waals surface area contributed by atoms with E-state index in [1.165, 1.54) is 0 Å². The maximum absolute atomic E-state index is 12.6. The number of amides is 1. The number of ether oxygens (including phenoxy) is 1. The molecule has 0 spiro atoms. The van der Waals surface area contributed by atoms with Gasteiger partial charge in [-0.1, -0.05) is 30.0 Å². The highest BCUT2D eigenvalue weighted by atomic mass is 32.2. The topological polar surface area (TPSA) is 63.2 Å². The molecule has 1 aromatic heterocycles. The third-order valence-corrected chi connectivity index (χ3v) is 6.42. The summed E-state index contributed by atoms with van der Waals surface area (Å²) in [4.78, 5) is 17.1. The molecule has 2 N–H and O–H groups in total. The highest BCUT2D eigenvalue weighted by Gasteiger charge is 2.14. The molecular weight excluding hydrogens is 414 g/mol. The van der Waals surface area contributed by atoms with Crippen molar-refractivity contribution in [3.63, 3.8) is 0 Å². The molecule has 3 aromatic carbocycles. The molecule has 0 aliphatic heterocycles. The first-order valence-electron chi connectivity index (χ1n) is 9.45. The lowest BCUT2D eigenvalue weighted by atomic mass is 10.2. The summed E-state index contributed by atoms with van der Waals surface area (Å²) in [5.74, 6) is 1.38. The first-order valence-corrected chi connectivity index (χ1v) is 11.5. The Bertz CT molecular complexity index is 1140. The van der Waals surface area contributed by atoms with E-state index in [1.54, 1.807) is 23.1 Å². The minimum absolute atomic E-state index is 0.110. The van der Waals surface area contributed by atoms with Crippen LogP contribution in [0.3, 0.4) is 0 Å². The molecule has 0 aliphatic carbocycles. The molecule has 0 fully saturated rings. The van der Waals surface area contributed by atoms with Crippen LogP contribution in [-0.4, -0.2) is 23.2 Å². The SMILES string of the molecule is CSc1nc2ccc(NC(C)C(=O)Nc3ccc(Oc4ccccc4)cc3)cc2s1. The predicted molar refractivity (Wildman–Crippen MR) is 126 cm³/mol. The van der Waals surface area contributed by atoms with E-state index in [9.17, 15) is 4.79 Å². The fraction of sp³-hybridized carbons (Fsp3) is 0.130. The van der Waals surface area contributed by atoms with E-state index >= 15 is 0 Å². The van der Waals surface area contributed by atoms with E-state index in [0.717, 1.165) is 31.7 Å². The van der Waals surface area contributed by atoms with E-state index in [-0.39, 0.29) is 5.91 Å². The van der Waals surface area contributed by atoms with E-state index in [1.807, 2.05) is 86.0 Å². The first kappa shape index (κ1) is 20.3. The number of hydrogen-bond acceptors (Lipinski definition) is 6. The second kappa shape index (κ2) is 9.19. The lowest BCUT2D eigenvalue weighted by molar-refractivity contribution is -0.116. The summed E-state index contributed by atoms with van der Waals surface area (Å²) < 4.78 is 7.92. The van der Waals surface area contributed by atoms with Crippen molar-refractivity contribution in [2.45, 2.75) is 17.3 Å². The van der Waals surface area contributed by atoms with Gasteiger partial charge in [-0.2, -0.15) is 0 Å². The average Bonchev–Trinajstić information content (AvgIpc) is 3.18. The Kier molecular flexibility index (Phi) is 6.21. The number of thiazole rings is 1. The standard InChI is InChI=1S/C23H21N3O2S2/c1-15(24-17-10-13-20-21(14-17)30-23(26-20)29-2)22(27)25-16-8-11-19(12-9-16)28-18-6-4-3-5-7-18/h3-15,24H,1-2H3,(H,25,27). The van der Waals surface area contributed by atoms with Crippen LogP contribution >= 0.6 is 23.1 Å². The van der Waals surface area contributed by atoms with Gasteiger partial charge in [-0.3, -0.25) is 4.79 Å². The molecule has 4 aromatic rings. The highest BCUT2D eigenvalue weighted by Crippen LogP contribution is 2.30. The van der Waals surface area contributed by atoms with Gasteiger partial charge in [-0.05, 0) is 67.8 Å². The van der Waals surface area contributed by atoms with Crippen molar-refractivity contribution in [2.24, 2.45) is 0 Å². The number of anilines is 2. The van der Waals surface area contributed by atoms with Crippen LogP contribution in [0.5, 0.6) is 11.5 Å². The third-order valence-electron chi connectivity index (χ3n) is 4.42. The van der Waals surface area contributed by atoms with Crippen LogP contribution in [0.2, 0.25) is 0 Å². The predicted octanol–water partition coefficient (Wildman–Crippen LogP) is 6.25. The van der Waals surface area contributed by atoms with Gasteiger partial charge in [0.1, 0.15) is 17.5 Å². The Morgan fingerprint density at radius 3 is 2.43 bits per heavy atom. The lowest BCUT2D eigenvalue weighted by Gasteiger charge is -2.15. The molecule has 1 heterocycles. The van der Waals surface area contributed by atoms with Crippen LogP contribution in [0.1, 0.15) is 6.92 Å². The second-order valence-electron chi connectivity index (χ2n) is 6.66. The van der Waals surface area contributed by atoms with Gasteiger partial charge in [-0.15, -0.1) is 11.3 Å². The molecule has 4 rings (SSSR count). The Labute approximate surface area is 183 Å². The van der Waals surface area contributed by atoms with Crippen molar-refractivity contribution in [3.05, 3.63) is 72.8 Å². The summed E-state index contributed by atoms with van der Waals surface area (Å²) >= 11 is 3.29. The fourth-order valence-corrected chi connectivity index (χ4v) is 4.41. The van der Waals surface area contributed by atoms with E-state index in [0.29, 0.717) is 5.75 Å². The van der Waals surface area contributed by atoms with Gasteiger partial charge in [0, 0.05) is 11.4 Å². The molecule has 7 heteroatoms. The summed E-state index contributed by atoms with van der Waals surface area (Å²) in [5, 5.41) is 6.19. The highest BCUT2D eigenvalue weighted by molar-refractivity contribution is 8.00. The molecule has 0 aliphatic rings. The smallest absolute Gasteiger partial charge is 0.246 e. The number of para-hydroxylation sites is 1. The largest absolute Gasteiger partial charge is 0.457 e. The van der Waals surface area contributed by atoms with Gasteiger partial charge in [0.25, 0.3) is 0 Å². The van der Waals surface area contributed by atoms with Crippen molar-refractivity contribution in [3.8, 4) is 11.5 Å². The quantitative estimate of drug-likeness (QED) is 0.336. The summed E-state index contributed by atoms with van der Waals surface area (Å²) in [6, 6.07) is 22.5. The number of nitrogens with zero attached hydrogens (tertiary/aromatic N) is 1. The molecular formula is C23H21N3O2S2. The molecule has 0 saturated heterocycles. The molecule has 30 heavy (non-hydrogen) atoms. The van der Waals surface area contributed by atoms with Crippen molar-refractivity contribution < 1.29 is 9.53 Å². The van der Waals surface area contributed by atoms with Crippen LogP contribution in [0.15, 0.2) is 77.1 Å². The van der Waals surface area contributed by atoms with Crippen molar-refractivity contribution >= 4 is 50.6 Å². The fourth-order valence-electron chi connectivity index (χ4n) is 2.88. The second-order valence-corrected chi connectivity index (χ2v) is 8.75. The van der Waals surface area contributed by atoms with Gasteiger partial charge < -0.3 is 15.4 Å². The van der Waals surface area contributed by atoms with Gasteiger partial charge in [0.2, 0.25) is 5.91 Å². The number of rotatable bonds is 7. The Hall–Kier alpha value is -3.03. The van der Waals surface area contributed by atoms with Crippen LogP contribution in [0, 0.1) is 0 Å². The zero-order valence-corrected chi connectivity index (χ0v) is 18.2. The minimum atomic E-state index is -0.393. The number of benzene rings is 3. The Morgan fingerprint density at radius 1 is 1.00 bits per heavy atom. The molecule has 5 nitrogen and oxygen atoms in total. The van der Waals surface area contributed by atoms with E-state index < -0.39 is 6.04 Å². The molecule has 1 atom stereocenters. The van der Waals surface area contributed by atoms with Gasteiger partial charge >= 0.3 is 0 Å². The number of aromatic nitrogens is 1. The molecule has 1 unspecified atom stereocenters. The minimum Gasteiger partial charge on any atom is -0.457 e. The summed E-state index contributed by atoms with van der Waals surface area (Å²) in [6.45, 7) is 1.84.